The second-order valence-corrected chi connectivity index (χ2v) is 4.52. The van der Waals surface area contributed by atoms with Crippen LogP contribution in [0.2, 0.25) is 5.02 Å². The van der Waals surface area contributed by atoms with E-state index in [0.29, 0.717) is 11.7 Å². The van der Waals surface area contributed by atoms with Gasteiger partial charge in [-0.05, 0) is 42.0 Å². The third-order valence-corrected chi connectivity index (χ3v) is 2.76. The molecule has 18 heavy (non-hydrogen) atoms. The van der Waals surface area contributed by atoms with Crippen LogP contribution in [0.1, 0.15) is 5.56 Å². The molecule has 0 aliphatic carbocycles. The molecule has 2 rings (SSSR count). The van der Waals surface area contributed by atoms with Gasteiger partial charge < -0.3 is 10.6 Å². The summed E-state index contributed by atoms with van der Waals surface area (Å²) in [6, 6.07) is 11.4. The zero-order valence-corrected chi connectivity index (χ0v) is 11.1. The lowest BCUT2D eigenvalue weighted by atomic mass is 10.2. The quantitative estimate of drug-likeness (QED) is 0.845. The molecule has 0 radical (unpaired) electrons. The summed E-state index contributed by atoms with van der Waals surface area (Å²) in [5.74, 6) is 0. The fourth-order valence-corrected chi connectivity index (χ4v) is 1.84. The van der Waals surface area contributed by atoms with Crippen molar-refractivity contribution < 1.29 is 0 Å². The van der Waals surface area contributed by atoms with Crippen LogP contribution >= 0.6 is 23.8 Å². The van der Waals surface area contributed by atoms with Gasteiger partial charge in [0, 0.05) is 29.6 Å². The van der Waals surface area contributed by atoms with Crippen molar-refractivity contribution in [3.63, 3.8) is 0 Å². The van der Waals surface area contributed by atoms with Crippen LogP contribution in [0.5, 0.6) is 0 Å². The summed E-state index contributed by atoms with van der Waals surface area (Å²) in [7, 11) is 0. The van der Waals surface area contributed by atoms with E-state index in [4.69, 9.17) is 23.8 Å². The van der Waals surface area contributed by atoms with Gasteiger partial charge in [-0.2, -0.15) is 0 Å². The molecular weight excluding hydrogens is 266 g/mol. The number of halogens is 1. The third kappa shape index (κ3) is 3.98. The first-order chi connectivity index (χ1) is 8.74. The first kappa shape index (κ1) is 12.8. The average molecular weight is 278 g/mol. The standard InChI is InChI=1S/C13H12ClN3S/c14-11-3-1-2-10(8-11)9-16-13(18)17-12-4-6-15-7-5-12/h1-8H,9H2,(H2,15,16,17,18). The van der Waals surface area contributed by atoms with Crippen molar-refractivity contribution in [2.24, 2.45) is 0 Å². The molecule has 1 aromatic heterocycles. The van der Waals surface area contributed by atoms with Crippen LogP contribution in [0, 0.1) is 0 Å². The number of pyridine rings is 1. The molecule has 0 saturated carbocycles. The van der Waals surface area contributed by atoms with Crippen molar-refractivity contribution in [1.82, 2.24) is 10.3 Å². The van der Waals surface area contributed by atoms with Crippen molar-refractivity contribution in [3.8, 4) is 0 Å². The third-order valence-electron chi connectivity index (χ3n) is 2.28. The van der Waals surface area contributed by atoms with Crippen LogP contribution in [0.3, 0.4) is 0 Å². The van der Waals surface area contributed by atoms with Crippen LogP contribution < -0.4 is 10.6 Å². The number of nitrogens with one attached hydrogen (secondary N) is 2. The van der Waals surface area contributed by atoms with E-state index in [1.165, 1.54) is 0 Å². The maximum Gasteiger partial charge on any atom is 0.171 e. The number of anilines is 1. The molecule has 3 nitrogen and oxygen atoms in total. The highest BCUT2D eigenvalue weighted by atomic mass is 35.5. The zero-order chi connectivity index (χ0) is 12.8. The molecule has 2 N–H and O–H groups in total. The summed E-state index contributed by atoms with van der Waals surface area (Å²) < 4.78 is 0. The van der Waals surface area contributed by atoms with E-state index in [2.05, 4.69) is 15.6 Å². The molecule has 0 bridgehead atoms. The molecule has 0 fully saturated rings. The number of nitrogens with zero attached hydrogens (tertiary/aromatic N) is 1. The van der Waals surface area contributed by atoms with Crippen molar-refractivity contribution in [1.29, 1.82) is 0 Å². The predicted octanol–water partition coefficient (Wildman–Crippen LogP) is 3.22. The van der Waals surface area contributed by atoms with E-state index >= 15 is 0 Å². The van der Waals surface area contributed by atoms with Gasteiger partial charge >= 0.3 is 0 Å². The van der Waals surface area contributed by atoms with Gasteiger partial charge in [-0.25, -0.2) is 0 Å². The summed E-state index contributed by atoms with van der Waals surface area (Å²) in [5.41, 5.74) is 2.00. The van der Waals surface area contributed by atoms with Crippen molar-refractivity contribution in [3.05, 3.63) is 59.4 Å². The van der Waals surface area contributed by atoms with E-state index in [9.17, 15) is 0 Å². The lowest BCUT2D eigenvalue weighted by Gasteiger charge is -2.10. The highest BCUT2D eigenvalue weighted by Crippen LogP contribution is 2.10. The molecule has 0 aliphatic rings. The summed E-state index contributed by atoms with van der Waals surface area (Å²) in [6.07, 6.45) is 3.42. The number of aromatic nitrogens is 1. The number of benzene rings is 1. The highest BCUT2D eigenvalue weighted by molar-refractivity contribution is 7.80. The average Bonchev–Trinajstić information content (AvgIpc) is 2.38. The van der Waals surface area contributed by atoms with Gasteiger partial charge in [-0.1, -0.05) is 23.7 Å². The Morgan fingerprint density at radius 2 is 2.00 bits per heavy atom. The predicted molar refractivity (Wildman–Crippen MR) is 78.7 cm³/mol. The number of hydrogen-bond donors (Lipinski definition) is 2. The van der Waals surface area contributed by atoms with Gasteiger partial charge in [-0.3, -0.25) is 4.98 Å². The Balaban J connectivity index is 1.85. The van der Waals surface area contributed by atoms with Gasteiger partial charge in [0.1, 0.15) is 0 Å². The van der Waals surface area contributed by atoms with Crippen LogP contribution in [0.25, 0.3) is 0 Å². The monoisotopic (exact) mass is 277 g/mol. The lowest BCUT2D eigenvalue weighted by molar-refractivity contribution is 0.926. The topological polar surface area (TPSA) is 37.0 Å². The molecule has 1 aromatic carbocycles. The van der Waals surface area contributed by atoms with Crippen LogP contribution in [-0.2, 0) is 6.54 Å². The van der Waals surface area contributed by atoms with E-state index in [-0.39, 0.29) is 0 Å². The molecule has 0 unspecified atom stereocenters. The lowest BCUT2D eigenvalue weighted by Crippen LogP contribution is -2.27. The molecule has 0 aliphatic heterocycles. The Hall–Kier alpha value is -1.65. The number of hydrogen-bond acceptors (Lipinski definition) is 2. The van der Waals surface area contributed by atoms with E-state index in [1.54, 1.807) is 12.4 Å². The fourth-order valence-electron chi connectivity index (χ4n) is 1.44. The van der Waals surface area contributed by atoms with E-state index < -0.39 is 0 Å². The Morgan fingerprint density at radius 1 is 1.22 bits per heavy atom. The molecule has 5 heteroatoms. The summed E-state index contributed by atoms with van der Waals surface area (Å²) >= 11 is 11.1. The molecule has 2 aromatic rings. The molecule has 0 saturated heterocycles. The fraction of sp³-hybridized carbons (Fsp3) is 0.0769. The first-order valence-electron chi connectivity index (χ1n) is 5.43. The van der Waals surface area contributed by atoms with Crippen LogP contribution in [-0.4, -0.2) is 10.1 Å². The van der Waals surface area contributed by atoms with Crippen molar-refractivity contribution >= 4 is 34.6 Å². The SMILES string of the molecule is S=C(NCc1cccc(Cl)c1)Nc1ccncc1. The first-order valence-corrected chi connectivity index (χ1v) is 6.22. The molecule has 1 heterocycles. The highest BCUT2D eigenvalue weighted by Gasteiger charge is 1.98. The van der Waals surface area contributed by atoms with E-state index in [1.807, 2.05) is 36.4 Å². The van der Waals surface area contributed by atoms with Crippen molar-refractivity contribution in [2.75, 3.05) is 5.32 Å². The minimum absolute atomic E-state index is 0.571. The summed E-state index contributed by atoms with van der Waals surface area (Å²) in [6.45, 7) is 0.636. The Morgan fingerprint density at radius 3 is 2.72 bits per heavy atom. The smallest absolute Gasteiger partial charge is 0.171 e. The normalized spacial score (nSPS) is 9.83. The van der Waals surface area contributed by atoms with Crippen LogP contribution in [0.4, 0.5) is 5.69 Å². The maximum atomic E-state index is 5.91. The van der Waals surface area contributed by atoms with Gasteiger partial charge in [-0.15, -0.1) is 0 Å². The second kappa shape index (κ2) is 6.33. The Bertz CT molecular complexity index is 531. The largest absolute Gasteiger partial charge is 0.358 e. The Labute approximate surface area is 116 Å². The van der Waals surface area contributed by atoms with Gasteiger partial charge in [0.2, 0.25) is 0 Å². The maximum absolute atomic E-state index is 5.91. The van der Waals surface area contributed by atoms with Gasteiger partial charge in [0.05, 0.1) is 0 Å². The van der Waals surface area contributed by atoms with Crippen LogP contribution in [0.15, 0.2) is 48.8 Å². The van der Waals surface area contributed by atoms with Gasteiger partial charge in [0.25, 0.3) is 0 Å². The molecule has 92 valence electrons. The summed E-state index contributed by atoms with van der Waals surface area (Å²) in [4.78, 5) is 3.94. The van der Waals surface area contributed by atoms with Crippen molar-refractivity contribution in [2.45, 2.75) is 6.54 Å². The minimum Gasteiger partial charge on any atom is -0.358 e. The second-order valence-electron chi connectivity index (χ2n) is 3.67. The molecule has 0 spiro atoms. The Kier molecular flexibility index (Phi) is 4.50. The van der Waals surface area contributed by atoms with Gasteiger partial charge in [0.15, 0.2) is 5.11 Å². The molecular formula is C13H12ClN3S. The number of thiocarbonyl (C=S) groups is 1. The number of rotatable bonds is 3. The molecule has 0 atom stereocenters. The minimum atomic E-state index is 0.571. The molecule has 0 amide bonds. The zero-order valence-electron chi connectivity index (χ0n) is 9.56. The summed E-state index contributed by atoms with van der Waals surface area (Å²) in [5, 5.41) is 7.48. The van der Waals surface area contributed by atoms with E-state index in [0.717, 1.165) is 16.3 Å².